The zero-order valence-corrected chi connectivity index (χ0v) is 18.0. The van der Waals surface area contributed by atoms with Crippen molar-refractivity contribution in [3.63, 3.8) is 0 Å². The Kier molecular flexibility index (Phi) is 6.77. The molecule has 1 aliphatic rings. The van der Waals surface area contributed by atoms with E-state index in [1.54, 1.807) is 40.1 Å². The third-order valence-corrected chi connectivity index (χ3v) is 5.31. The number of carbonyl (C=O) groups excluding carboxylic acids is 3. The largest absolute Gasteiger partial charge is 0.335 e. The average molecular weight is 465 g/mol. The van der Waals surface area contributed by atoms with Gasteiger partial charge in [-0.25, -0.2) is 14.2 Å². The number of hydrogen-bond donors (Lipinski definition) is 2. The summed E-state index contributed by atoms with van der Waals surface area (Å²) in [7, 11) is 0. The van der Waals surface area contributed by atoms with Crippen LogP contribution in [-0.2, 0) is 0 Å². The van der Waals surface area contributed by atoms with Crippen molar-refractivity contribution in [3.05, 3.63) is 89.8 Å². The van der Waals surface area contributed by atoms with Crippen molar-refractivity contribution < 1.29 is 23.2 Å². The van der Waals surface area contributed by atoms with Crippen LogP contribution in [0.5, 0.6) is 0 Å². The lowest BCUT2D eigenvalue weighted by atomic mass is 10.2. The molecule has 1 aromatic heterocycles. The Morgan fingerprint density at radius 3 is 2.03 bits per heavy atom. The first kappa shape index (κ1) is 22.8. The Hall–Kier alpha value is -4.34. The number of halogens is 2. The third-order valence-electron chi connectivity index (χ3n) is 5.31. The predicted octanol–water partition coefficient (Wildman–Crippen LogP) is 3.60. The smallest absolute Gasteiger partial charge is 0.321 e. The fourth-order valence-corrected chi connectivity index (χ4v) is 3.47. The highest BCUT2D eigenvalue weighted by Gasteiger charge is 2.25. The molecular formula is C24H21F2N5O3. The number of anilines is 2. The minimum atomic E-state index is -0.670. The van der Waals surface area contributed by atoms with Gasteiger partial charge in [0.15, 0.2) is 0 Å². The minimum absolute atomic E-state index is 0.216. The fourth-order valence-electron chi connectivity index (χ4n) is 3.47. The van der Waals surface area contributed by atoms with Gasteiger partial charge in [0.2, 0.25) is 5.95 Å². The van der Waals surface area contributed by atoms with E-state index in [0.717, 1.165) is 12.3 Å². The normalized spacial score (nSPS) is 13.4. The van der Waals surface area contributed by atoms with E-state index < -0.39 is 17.7 Å². The molecule has 0 unspecified atom stereocenters. The van der Waals surface area contributed by atoms with Gasteiger partial charge in [-0.05, 0) is 54.6 Å². The highest BCUT2D eigenvalue weighted by Crippen LogP contribution is 2.16. The molecule has 1 aliphatic heterocycles. The predicted molar refractivity (Wildman–Crippen MR) is 121 cm³/mol. The van der Waals surface area contributed by atoms with Crippen LogP contribution >= 0.6 is 0 Å². The number of urea groups is 1. The number of pyridine rings is 1. The quantitative estimate of drug-likeness (QED) is 0.576. The number of aromatic nitrogens is 1. The van der Waals surface area contributed by atoms with Gasteiger partial charge in [0.05, 0.1) is 5.56 Å². The van der Waals surface area contributed by atoms with E-state index in [1.807, 2.05) is 0 Å². The Balaban J connectivity index is 1.27. The second kappa shape index (κ2) is 10.1. The van der Waals surface area contributed by atoms with E-state index in [1.165, 1.54) is 24.3 Å². The standard InChI is InChI=1S/C24H21F2N5O3/c25-18-3-1-2-16(14-18)23(33)30-10-12-31(13-11-30)24(34)29-20-7-5-19(6-8-20)28-22(32)17-4-9-21(26)27-15-17/h1-9,14-15H,10-13H2,(H,28,32)(H,29,34). The van der Waals surface area contributed by atoms with Crippen LogP contribution in [0.4, 0.5) is 25.0 Å². The zero-order chi connectivity index (χ0) is 24.1. The summed E-state index contributed by atoms with van der Waals surface area (Å²) in [6, 6.07) is 14.2. The first-order valence-corrected chi connectivity index (χ1v) is 10.5. The summed E-state index contributed by atoms with van der Waals surface area (Å²) in [5.41, 5.74) is 1.52. The maximum atomic E-state index is 13.4. The number of amides is 4. The molecule has 1 fully saturated rings. The van der Waals surface area contributed by atoms with Crippen LogP contribution in [-0.4, -0.2) is 58.8 Å². The lowest BCUT2D eigenvalue weighted by molar-refractivity contribution is 0.0671. The van der Waals surface area contributed by atoms with Crippen molar-refractivity contribution in [2.75, 3.05) is 36.8 Å². The SMILES string of the molecule is O=C(Nc1ccc(NC(=O)N2CCN(C(=O)c3cccc(F)c3)CC2)cc1)c1ccc(F)nc1. The Labute approximate surface area is 194 Å². The van der Waals surface area contributed by atoms with Gasteiger partial charge in [-0.2, -0.15) is 4.39 Å². The summed E-state index contributed by atoms with van der Waals surface area (Å²) in [6.45, 7) is 1.36. The summed E-state index contributed by atoms with van der Waals surface area (Å²) >= 11 is 0. The van der Waals surface area contributed by atoms with Crippen LogP contribution < -0.4 is 10.6 Å². The second-order valence-electron chi connectivity index (χ2n) is 7.62. The molecule has 0 aliphatic carbocycles. The topological polar surface area (TPSA) is 94.6 Å². The highest BCUT2D eigenvalue weighted by atomic mass is 19.1. The zero-order valence-electron chi connectivity index (χ0n) is 18.0. The number of rotatable bonds is 4. The molecule has 4 rings (SSSR count). The number of nitrogens with one attached hydrogen (secondary N) is 2. The lowest BCUT2D eigenvalue weighted by Crippen LogP contribution is -2.51. The van der Waals surface area contributed by atoms with E-state index in [9.17, 15) is 23.2 Å². The van der Waals surface area contributed by atoms with Crippen LogP contribution in [0.15, 0.2) is 66.9 Å². The molecule has 0 atom stereocenters. The number of carbonyl (C=O) groups is 3. The van der Waals surface area contributed by atoms with Crippen molar-refractivity contribution in [1.29, 1.82) is 0 Å². The molecule has 10 heteroatoms. The number of hydrogen-bond acceptors (Lipinski definition) is 4. The molecule has 0 radical (unpaired) electrons. The highest BCUT2D eigenvalue weighted by molar-refractivity contribution is 6.04. The fraction of sp³-hybridized carbons (Fsp3) is 0.167. The number of benzene rings is 2. The molecule has 8 nitrogen and oxygen atoms in total. The van der Waals surface area contributed by atoms with Gasteiger partial charge in [0, 0.05) is 49.3 Å². The van der Waals surface area contributed by atoms with Gasteiger partial charge in [-0.3, -0.25) is 9.59 Å². The van der Waals surface area contributed by atoms with Gasteiger partial charge in [-0.15, -0.1) is 0 Å². The first-order valence-electron chi connectivity index (χ1n) is 10.5. The maximum absolute atomic E-state index is 13.4. The van der Waals surface area contributed by atoms with Gasteiger partial charge in [0.25, 0.3) is 11.8 Å². The minimum Gasteiger partial charge on any atom is -0.335 e. The number of piperazine rings is 1. The van der Waals surface area contributed by atoms with Crippen LogP contribution in [0.25, 0.3) is 0 Å². The van der Waals surface area contributed by atoms with Gasteiger partial charge < -0.3 is 20.4 Å². The van der Waals surface area contributed by atoms with E-state index in [4.69, 9.17) is 0 Å². The first-order chi connectivity index (χ1) is 16.4. The Morgan fingerprint density at radius 1 is 0.765 bits per heavy atom. The van der Waals surface area contributed by atoms with E-state index in [0.29, 0.717) is 37.6 Å². The van der Waals surface area contributed by atoms with Gasteiger partial charge in [-0.1, -0.05) is 6.07 Å². The summed E-state index contributed by atoms with van der Waals surface area (Å²) in [5, 5.41) is 5.45. The molecule has 174 valence electrons. The summed E-state index contributed by atoms with van der Waals surface area (Å²) in [6.07, 6.45) is 1.14. The van der Waals surface area contributed by atoms with Crippen LogP contribution in [0, 0.1) is 11.8 Å². The molecule has 4 amide bonds. The van der Waals surface area contributed by atoms with Crippen molar-refractivity contribution in [3.8, 4) is 0 Å². The summed E-state index contributed by atoms with van der Waals surface area (Å²) < 4.78 is 26.3. The van der Waals surface area contributed by atoms with Crippen molar-refractivity contribution in [2.24, 2.45) is 0 Å². The molecule has 1 saturated heterocycles. The molecule has 3 aromatic rings. The third kappa shape index (κ3) is 5.52. The molecule has 0 spiro atoms. The van der Waals surface area contributed by atoms with Crippen LogP contribution in [0.1, 0.15) is 20.7 Å². The van der Waals surface area contributed by atoms with Gasteiger partial charge >= 0.3 is 6.03 Å². The monoisotopic (exact) mass is 465 g/mol. The molecule has 2 heterocycles. The van der Waals surface area contributed by atoms with Crippen LogP contribution in [0.2, 0.25) is 0 Å². The lowest BCUT2D eigenvalue weighted by Gasteiger charge is -2.34. The molecule has 2 aromatic carbocycles. The van der Waals surface area contributed by atoms with E-state index >= 15 is 0 Å². The van der Waals surface area contributed by atoms with E-state index in [-0.39, 0.29) is 23.1 Å². The van der Waals surface area contributed by atoms with Crippen LogP contribution in [0.3, 0.4) is 0 Å². The van der Waals surface area contributed by atoms with Gasteiger partial charge in [0.1, 0.15) is 5.82 Å². The van der Waals surface area contributed by atoms with E-state index in [2.05, 4.69) is 15.6 Å². The maximum Gasteiger partial charge on any atom is 0.321 e. The Morgan fingerprint density at radius 2 is 1.41 bits per heavy atom. The molecule has 0 bridgehead atoms. The molecular weight excluding hydrogens is 444 g/mol. The second-order valence-corrected chi connectivity index (χ2v) is 7.62. The summed E-state index contributed by atoms with van der Waals surface area (Å²) in [5.74, 6) is -1.85. The van der Waals surface area contributed by atoms with Crippen molar-refractivity contribution in [2.45, 2.75) is 0 Å². The molecule has 34 heavy (non-hydrogen) atoms. The van der Waals surface area contributed by atoms with Crippen molar-refractivity contribution in [1.82, 2.24) is 14.8 Å². The average Bonchev–Trinajstić information content (AvgIpc) is 2.85. The number of nitrogens with zero attached hydrogens (tertiary/aromatic N) is 3. The van der Waals surface area contributed by atoms with Crippen molar-refractivity contribution >= 4 is 29.2 Å². The molecule has 2 N–H and O–H groups in total. The summed E-state index contributed by atoms with van der Waals surface area (Å²) in [4.78, 5) is 43.9. The molecule has 0 saturated carbocycles. The Bertz CT molecular complexity index is 1190.